The molecule has 0 saturated carbocycles. The van der Waals surface area contributed by atoms with Crippen LogP contribution in [0.2, 0.25) is 0 Å². The topological polar surface area (TPSA) is 56.9 Å². The number of fused-ring (bicyclic) bond motifs is 1. The second-order valence-corrected chi connectivity index (χ2v) is 3.94. The summed E-state index contributed by atoms with van der Waals surface area (Å²) in [6.07, 6.45) is 0. The lowest BCUT2D eigenvalue weighted by atomic mass is 10.2. The van der Waals surface area contributed by atoms with Crippen LogP contribution in [-0.2, 0) is 5.33 Å². The van der Waals surface area contributed by atoms with Crippen molar-refractivity contribution in [2.75, 3.05) is 0 Å². The molecule has 0 N–H and O–H groups in total. The molecule has 2 aromatic rings. The van der Waals surface area contributed by atoms with Crippen LogP contribution in [0.3, 0.4) is 0 Å². The Morgan fingerprint density at radius 1 is 1.50 bits per heavy atom. The summed E-state index contributed by atoms with van der Waals surface area (Å²) in [4.78, 5) is 15.7. The third kappa shape index (κ3) is 1.67. The monoisotopic (exact) mass is 280 g/mol. The van der Waals surface area contributed by atoms with E-state index in [1.807, 2.05) is 0 Å². The van der Waals surface area contributed by atoms with E-state index in [1.54, 1.807) is 24.3 Å². The van der Waals surface area contributed by atoms with Crippen molar-refractivity contribution in [3.8, 4) is 0 Å². The van der Waals surface area contributed by atoms with E-state index in [0.29, 0.717) is 26.8 Å². The molecule has 0 aliphatic heterocycles. The molecular formula is C11H9BrN2O2. The van der Waals surface area contributed by atoms with Gasteiger partial charge in [0.1, 0.15) is 11.2 Å². The van der Waals surface area contributed by atoms with Crippen LogP contribution in [-0.4, -0.2) is 10.8 Å². The third-order valence-electron chi connectivity index (χ3n) is 2.29. The third-order valence-corrected chi connectivity index (χ3v) is 2.82. The first-order valence-corrected chi connectivity index (χ1v) is 5.85. The number of hydrogen-bond donors (Lipinski definition) is 0. The van der Waals surface area contributed by atoms with Crippen molar-refractivity contribution in [3.05, 3.63) is 40.9 Å². The molecule has 0 atom stereocenters. The molecule has 0 bridgehead atoms. The van der Waals surface area contributed by atoms with E-state index in [2.05, 4.69) is 20.9 Å². The summed E-state index contributed by atoms with van der Waals surface area (Å²) in [5.41, 5.74) is 1.59. The quantitative estimate of drug-likeness (QED) is 0.366. The van der Waals surface area contributed by atoms with Crippen molar-refractivity contribution in [2.45, 2.75) is 12.3 Å². The average molecular weight is 281 g/mol. The van der Waals surface area contributed by atoms with E-state index in [9.17, 15) is 10.0 Å². The largest absolute Gasteiger partial charge is 0.618 e. The van der Waals surface area contributed by atoms with E-state index >= 15 is 0 Å². The summed E-state index contributed by atoms with van der Waals surface area (Å²) in [6, 6.07) is 6.95. The van der Waals surface area contributed by atoms with Gasteiger partial charge in [0.15, 0.2) is 0 Å². The fraction of sp³-hybridized carbons (Fsp3) is 0.182. The van der Waals surface area contributed by atoms with Crippen LogP contribution in [0.5, 0.6) is 0 Å². The number of rotatable bonds is 2. The zero-order valence-corrected chi connectivity index (χ0v) is 10.2. The number of halogens is 1. The highest BCUT2D eigenvalue weighted by Crippen LogP contribution is 2.13. The molecule has 0 unspecified atom stereocenters. The minimum atomic E-state index is -0.275. The first kappa shape index (κ1) is 11.0. The number of aromatic nitrogens is 2. The van der Waals surface area contributed by atoms with Crippen molar-refractivity contribution in [1.29, 1.82) is 0 Å². The Balaban J connectivity index is 2.87. The maximum Gasteiger partial charge on any atom is 0.282 e. The zero-order valence-electron chi connectivity index (χ0n) is 8.61. The Labute approximate surface area is 101 Å². The molecule has 5 heteroatoms. The smallest absolute Gasteiger partial charge is 0.282 e. The van der Waals surface area contributed by atoms with Gasteiger partial charge >= 0.3 is 0 Å². The predicted octanol–water partition coefficient (Wildman–Crippen LogP) is 1.97. The Morgan fingerprint density at radius 2 is 2.19 bits per heavy atom. The summed E-state index contributed by atoms with van der Waals surface area (Å²) >= 11 is 3.23. The number of para-hydroxylation sites is 2. The SMILES string of the molecule is CC(=O)c1c(CBr)nc2ccccc2[n+]1[O-]. The van der Waals surface area contributed by atoms with Crippen LogP contribution < -0.4 is 4.73 Å². The Kier molecular flexibility index (Phi) is 2.87. The maximum atomic E-state index is 12.0. The van der Waals surface area contributed by atoms with Gasteiger partial charge in [0, 0.05) is 13.0 Å². The number of carbonyl (C=O) groups is 1. The van der Waals surface area contributed by atoms with Crippen LogP contribution in [0.1, 0.15) is 23.1 Å². The standard InChI is InChI=1S/C11H9BrN2O2/c1-7(15)11-9(6-12)13-8-4-2-3-5-10(8)14(11)16/h2-5H,6H2,1H3. The summed E-state index contributed by atoms with van der Waals surface area (Å²) in [5.74, 6) is -0.275. The Bertz CT molecular complexity index is 569. The van der Waals surface area contributed by atoms with Gasteiger partial charge in [0.2, 0.25) is 11.3 Å². The second kappa shape index (κ2) is 4.17. The first-order chi connectivity index (χ1) is 7.65. The number of nitrogens with zero attached hydrogens (tertiary/aromatic N) is 2. The molecule has 0 aliphatic carbocycles. The van der Waals surface area contributed by atoms with Gasteiger partial charge < -0.3 is 5.21 Å². The van der Waals surface area contributed by atoms with Crippen molar-refractivity contribution >= 4 is 32.7 Å². The van der Waals surface area contributed by atoms with Crippen molar-refractivity contribution in [2.24, 2.45) is 0 Å². The molecule has 0 saturated heterocycles. The predicted molar refractivity (Wildman–Crippen MR) is 63.3 cm³/mol. The van der Waals surface area contributed by atoms with Crippen LogP contribution in [0, 0.1) is 5.21 Å². The molecule has 82 valence electrons. The number of hydrogen-bond acceptors (Lipinski definition) is 3. The number of carbonyl (C=O) groups excluding carboxylic acids is 1. The van der Waals surface area contributed by atoms with E-state index < -0.39 is 0 Å². The summed E-state index contributed by atoms with van der Waals surface area (Å²) in [7, 11) is 0. The van der Waals surface area contributed by atoms with Crippen LogP contribution >= 0.6 is 15.9 Å². The van der Waals surface area contributed by atoms with Crippen LogP contribution in [0.25, 0.3) is 11.0 Å². The lowest BCUT2D eigenvalue weighted by Crippen LogP contribution is -2.37. The lowest BCUT2D eigenvalue weighted by molar-refractivity contribution is -0.580. The molecule has 1 heterocycles. The highest BCUT2D eigenvalue weighted by molar-refractivity contribution is 9.08. The van der Waals surface area contributed by atoms with Gasteiger partial charge in [-0.05, 0) is 6.07 Å². The zero-order chi connectivity index (χ0) is 11.7. The lowest BCUT2D eigenvalue weighted by Gasteiger charge is -2.07. The average Bonchev–Trinajstić information content (AvgIpc) is 2.28. The Hall–Kier alpha value is -1.49. The molecule has 2 rings (SSSR count). The van der Waals surface area contributed by atoms with Crippen molar-refractivity contribution in [3.63, 3.8) is 0 Å². The van der Waals surface area contributed by atoms with Gasteiger partial charge in [0.05, 0.1) is 5.33 Å². The minimum Gasteiger partial charge on any atom is -0.618 e. The number of alkyl halides is 1. The van der Waals surface area contributed by atoms with E-state index in [4.69, 9.17) is 0 Å². The van der Waals surface area contributed by atoms with Crippen LogP contribution in [0.15, 0.2) is 24.3 Å². The minimum absolute atomic E-state index is 0.107. The van der Waals surface area contributed by atoms with Gasteiger partial charge in [-0.15, -0.1) is 0 Å². The summed E-state index contributed by atoms with van der Waals surface area (Å²) < 4.78 is 0.654. The van der Waals surface area contributed by atoms with Gasteiger partial charge in [-0.1, -0.05) is 28.1 Å². The molecule has 16 heavy (non-hydrogen) atoms. The summed E-state index contributed by atoms with van der Waals surface area (Å²) in [5, 5.41) is 12.4. The van der Waals surface area contributed by atoms with Crippen molar-refractivity contribution < 1.29 is 9.52 Å². The second-order valence-electron chi connectivity index (χ2n) is 3.38. The molecule has 0 fully saturated rings. The fourth-order valence-electron chi connectivity index (χ4n) is 1.61. The molecule has 0 amide bonds. The van der Waals surface area contributed by atoms with Crippen molar-refractivity contribution in [1.82, 2.24) is 4.98 Å². The van der Waals surface area contributed by atoms with Gasteiger partial charge in [0.25, 0.3) is 5.69 Å². The fourth-order valence-corrected chi connectivity index (χ4v) is 2.00. The molecule has 0 radical (unpaired) electrons. The number of ketones is 1. The summed E-state index contributed by atoms with van der Waals surface area (Å²) in [6.45, 7) is 1.37. The van der Waals surface area contributed by atoms with E-state index in [-0.39, 0.29) is 11.5 Å². The van der Waals surface area contributed by atoms with E-state index in [0.717, 1.165) is 0 Å². The molecule has 1 aromatic carbocycles. The molecule has 1 aromatic heterocycles. The maximum absolute atomic E-state index is 12.0. The highest BCUT2D eigenvalue weighted by atomic mass is 79.9. The van der Waals surface area contributed by atoms with Gasteiger partial charge in [-0.2, -0.15) is 4.73 Å². The molecule has 0 spiro atoms. The molecule has 0 aliphatic rings. The first-order valence-electron chi connectivity index (χ1n) is 4.73. The normalized spacial score (nSPS) is 10.6. The highest BCUT2D eigenvalue weighted by Gasteiger charge is 2.21. The van der Waals surface area contributed by atoms with E-state index in [1.165, 1.54) is 6.92 Å². The number of benzene rings is 1. The van der Waals surface area contributed by atoms with Gasteiger partial charge in [-0.3, -0.25) is 4.79 Å². The number of Topliss-reactive ketones (excluding diaryl/α,β-unsaturated/α-hetero) is 1. The Morgan fingerprint density at radius 3 is 2.81 bits per heavy atom. The van der Waals surface area contributed by atoms with Gasteiger partial charge in [-0.25, -0.2) is 4.98 Å². The molecular weight excluding hydrogens is 272 g/mol. The van der Waals surface area contributed by atoms with Crippen LogP contribution in [0.4, 0.5) is 0 Å². The molecule has 4 nitrogen and oxygen atoms in total.